The van der Waals surface area contributed by atoms with E-state index in [1.165, 1.54) is 0 Å². The Morgan fingerprint density at radius 2 is 1.80 bits per heavy atom. The summed E-state index contributed by atoms with van der Waals surface area (Å²) >= 11 is 0. The Hall–Kier alpha value is -5.62. The number of aliphatic carboxylic acids is 1. The number of aliphatic hydroxyl groups excluding tert-OH is 1. The highest BCUT2D eigenvalue weighted by Gasteiger charge is 2.45. The van der Waals surface area contributed by atoms with Crippen LogP contribution in [0, 0.1) is 30.1 Å². The molecule has 3 N–H and O–H groups in total. The van der Waals surface area contributed by atoms with Crippen LogP contribution in [0.5, 0.6) is 0 Å². The fraction of sp³-hybridized carbons (Fsp3) is 0.381. The average molecular weight is 761 g/mol. The van der Waals surface area contributed by atoms with E-state index in [0.717, 1.165) is 27.8 Å². The molecule has 2 fully saturated rings. The number of aromatic nitrogens is 4. The monoisotopic (exact) mass is 760 g/mol. The number of pyridine rings is 1. The van der Waals surface area contributed by atoms with Crippen LogP contribution < -0.4 is 5.32 Å². The molecule has 56 heavy (non-hydrogen) atoms. The van der Waals surface area contributed by atoms with E-state index in [9.17, 15) is 29.1 Å². The third-order valence-corrected chi connectivity index (χ3v) is 11.4. The Kier molecular flexibility index (Phi) is 10.1. The van der Waals surface area contributed by atoms with Crippen LogP contribution >= 0.6 is 0 Å². The smallest absolute Gasteiger partial charge is 0.306 e. The lowest BCUT2D eigenvalue weighted by Gasteiger charge is -2.39. The van der Waals surface area contributed by atoms with Crippen LogP contribution in [-0.4, -0.2) is 78.2 Å². The molecular weight excluding hydrogens is 719 g/mol. The molecule has 2 saturated heterocycles. The van der Waals surface area contributed by atoms with Gasteiger partial charge in [-0.2, -0.15) is 5.26 Å². The molecule has 5 heterocycles. The van der Waals surface area contributed by atoms with E-state index in [0.29, 0.717) is 75.2 Å². The number of rotatable bonds is 10. The van der Waals surface area contributed by atoms with Crippen molar-refractivity contribution in [3.05, 3.63) is 106 Å². The molecule has 3 aromatic heterocycles. The summed E-state index contributed by atoms with van der Waals surface area (Å²) in [4.78, 5) is 34.1. The molecule has 0 saturated carbocycles. The van der Waals surface area contributed by atoms with Crippen molar-refractivity contribution in [2.75, 3.05) is 31.5 Å². The van der Waals surface area contributed by atoms with Crippen LogP contribution in [0.1, 0.15) is 72.1 Å². The number of carboxylic acid groups (broad SMARTS) is 1. The first-order chi connectivity index (χ1) is 27.0. The molecule has 5 aromatic rings. The van der Waals surface area contributed by atoms with E-state index < -0.39 is 35.8 Å². The number of β-amino-alcohol motifs (C(OH)–C–C–N with tert-alkyl or cyclic N) is 1. The number of oxazole rings is 1. The second-order valence-corrected chi connectivity index (χ2v) is 15.1. The molecule has 3 atom stereocenters. The Bertz CT molecular complexity index is 2420. The van der Waals surface area contributed by atoms with Gasteiger partial charge < -0.3 is 19.9 Å². The molecule has 8 rings (SSSR count). The maximum atomic E-state index is 14.5. The molecule has 0 bridgehead atoms. The first-order valence-corrected chi connectivity index (χ1v) is 18.9. The highest BCUT2D eigenvalue weighted by atomic mass is 19.3. The number of benzene rings is 2. The standard InChI is InChI=1S/C42H42F2N8O4/c1-24-6-3-4-7-31(24)32-8-5-12-42(25(32)2,41-48-34-17-26(16-29(19-45)36(34)56-41)21-51-13-9-28(10-14-51)40(54)55)50-38-35-33(47-39(49-38)37(43)44)18-27(20-46-35)22-52-15-11-30(53)23-52/h3-8,12,16-18,20,25,28,30,37,53H,9-11,13-15,21-23H2,1-2H3,(H,54,55)(H,47,49,50). The molecule has 2 aromatic carbocycles. The Balaban J connectivity index is 1.22. The lowest BCUT2D eigenvalue weighted by atomic mass is 9.73. The SMILES string of the molecule is Cc1ccccc1C1=CC=CC(Nc2nc(C(F)F)nc3cc(CN4CCC(O)C4)cnc23)(c2nc3cc(CN4CCC(C(=O)O)CC4)cc(C#N)c3o2)C1C. The van der Waals surface area contributed by atoms with Crippen LogP contribution in [0.25, 0.3) is 27.7 Å². The van der Waals surface area contributed by atoms with Gasteiger partial charge in [-0.25, -0.2) is 23.7 Å². The van der Waals surface area contributed by atoms with Crippen molar-refractivity contribution in [2.45, 2.75) is 64.3 Å². The van der Waals surface area contributed by atoms with Crippen molar-refractivity contribution in [1.82, 2.24) is 29.7 Å². The van der Waals surface area contributed by atoms with Crippen molar-refractivity contribution in [1.29, 1.82) is 5.26 Å². The second-order valence-electron chi connectivity index (χ2n) is 15.1. The predicted molar refractivity (Wildman–Crippen MR) is 205 cm³/mol. The number of nitrogens with zero attached hydrogens (tertiary/aromatic N) is 7. The zero-order chi connectivity index (χ0) is 39.1. The summed E-state index contributed by atoms with van der Waals surface area (Å²) in [5.74, 6) is -1.93. The van der Waals surface area contributed by atoms with Gasteiger partial charge >= 0.3 is 5.97 Å². The minimum absolute atomic E-state index is 0.0733. The molecule has 0 spiro atoms. The molecule has 1 aliphatic carbocycles. The Morgan fingerprint density at radius 3 is 2.52 bits per heavy atom. The summed E-state index contributed by atoms with van der Waals surface area (Å²) in [6.07, 6.45) is 5.86. The van der Waals surface area contributed by atoms with Gasteiger partial charge in [0.1, 0.15) is 22.6 Å². The topological polar surface area (TPSA) is 165 Å². The summed E-state index contributed by atoms with van der Waals surface area (Å²) in [6.45, 7) is 7.50. The lowest BCUT2D eigenvalue weighted by Crippen LogP contribution is -2.42. The van der Waals surface area contributed by atoms with Crippen molar-refractivity contribution < 1.29 is 28.2 Å². The van der Waals surface area contributed by atoms with Crippen molar-refractivity contribution in [3.8, 4) is 6.07 Å². The summed E-state index contributed by atoms with van der Waals surface area (Å²) in [6, 6.07) is 15.7. The second kappa shape index (κ2) is 15.1. The Morgan fingerprint density at radius 1 is 1.05 bits per heavy atom. The zero-order valence-electron chi connectivity index (χ0n) is 31.1. The number of carbonyl (C=O) groups is 1. The van der Waals surface area contributed by atoms with Crippen molar-refractivity contribution >= 4 is 39.5 Å². The number of piperidine rings is 1. The number of hydrogen-bond acceptors (Lipinski definition) is 11. The third kappa shape index (κ3) is 7.13. The van der Waals surface area contributed by atoms with Gasteiger partial charge in [-0.1, -0.05) is 43.3 Å². The van der Waals surface area contributed by atoms with Gasteiger partial charge in [0.2, 0.25) is 5.89 Å². The molecule has 0 amide bonds. The molecule has 3 unspecified atom stereocenters. The number of anilines is 1. The number of nitrogens with one attached hydrogen (secondary N) is 1. The van der Waals surface area contributed by atoms with Crippen LogP contribution in [0.15, 0.2) is 71.3 Å². The summed E-state index contributed by atoms with van der Waals surface area (Å²) in [5.41, 5.74) is 4.86. The molecular formula is C42H42F2N8O4. The van der Waals surface area contributed by atoms with Crippen LogP contribution in [0.3, 0.4) is 0 Å². The zero-order valence-corrected chi connectivity index (χ0v) is 31.1. The predicted octanol–water partition coefficient (Wildman–Crippen LogP) is 6.74. The fourth-order valence-corrected chi connectivity index (χ4v) is 8.32. The van der Waals surface area contributed by atoms with E-state index in [2.05, 4.69) is 31.2 Å². The molecule has 0 radical (unpaired) electrons. The number of likely N-dealkylation sites (tertiary alicyclic amines) is 2. The van der Waals surface area contributed by atoms with Gasteiger partial charge in [-0.3, -0.25) is 19.6 Å². The van der Waals surface area contributed by atoms with Gasteiger partial charge in [0.25, 0.3) is 6.43 Å². The number of halogens is 2. The largest absolute Gasteiger partial charge is 0.481 e. The van der Waals surface area contributed by atoms with Gasteiger partial charge in [0.05, 0.1) is 23.1 Å². The van der Waals surface area contributed by atoms with Gasteiger partial charge in [0.15, 0.2) is 17.2 Å². The van der Waals surface area contributed by atoms with E-state index in [4.69, 9.17) is 14.4 Å². The van der Waals surface area contributed by atoms with E-state index >= 15 is 0 Å². The molecule has 2 aliphatic heterocycles. The first kappa shape index (κ1) is 37.3. The summed E-state index contributed by atoms with van der Waals surface area (Å²) in [5, 5.41) is 33.3. The summed E-state index contributed by atoms with van der Waals surface area (Å²) < 4.78 is 35.6. The third-order valence-electron chi connectivity index (χ3n) is 11.4. The highest BCUT2D eigenvalue weighted by Crippen LogP contribution is 2.46. The number of hydrogen-bond donors (Lipinski definition) is 3. The van der Waals surface area contributed by atoms with E-state index in [-0.39, 0.29) is 28.7 Å². The van der Waals surface area contributed by atoms with Crippen molar-refractivity contribution in [2.24, 2.45) is 11.8 Å². The van der Waals surface area contributed by atoms with Crippen molar-refractivity contribution in [3.63, 3.8) is 0 Å². The average Bonchev–Trinajstić information content (AvgIpc) is 3.81. The number of fused-ring (bicyclic) bond motifs is 2. The normalized spacial score (nSPS) is 22.2. The summed E-state index contributed by atoms with van der Waals surface area (Å²) in [7, 11) is 0. The van der Waals surface area contributed by atoms with Crippen LogP contribution in [0.4, 0.5) is 14.6 Å². The molecule has 3 aliphatic rings. The number of allylic oxidation sites excluding steroid dienone is 2. The molecule has 12 nitrogen and oxygen atoms in total. The van der Waals surface area contributed by atoms with Crippen LogP contribution in [0.2, 0.25) is 0 Å². The maximum absolute atomic E-state index is 14.5. The Labute approximate surface area is 322 Å². The minimum Gasteiger partial charge on any atom is -0.481 e. The highest BCUT2D eigenvalue weighted by molar-refractivity contribution is 5.87. The molecule has 14 heteroatoms. The number of nitriles is 1. The van der Waals surface area contributed by atoms with Crippen LogP contribution in [-0.2, 0) is 23.4 Å². The van der Waals surface area contributed by atoms with Gasteiger partial charge in [-0.05, 0) is 91.4 Å². The lowest BCUT2D eigenvalue weighted by molar-refractivity contribution is -0.143. The minimum atomic E-state index is -2.97. The number of carboxylic acids is 1. The number of aryl methyl sites for hydroxylation is 1. The quantitative estimate of drug-likeness (QED) is 0.138. The number of alkyl halides is 2. The number of aliphatic hydroxyl groups is 1. The van der Waals surface area contributed by atoms with Gasteiger partial charge in [0, 0.05) is 38.3 Å². The van der Waals surface area contributed by atoms with E-state index in [1.807, 2.05) is 62.4 Å². The first-order valence-electron chi connectivity index (χ1n) is 18.9. The fourth-order valence-electron chi connectivity index (χ4n) is 8.32. The molecule has 288 valence electrons. The maximum Gasteiger partial charge on any atom is 0.306 e. The van der Waals surface area contributed by atoms with Gasteiger partial charge in [-0.15, -0.1) is 0 Å². The van der Waals surface area contributed by atoms with E-state index in [1.54, 1.807) is 18.3 Å².